The van der Waals surface area contributed by atoms with E-state index in [9.17, 15) is 8.42 Å². The van der Waals surface area contributed by atoms with E-state index in [-0.39, 0.29) is 11.3 Å². The molecule has 2 aliphatic rings. The molecule has 5 nitrogen and oxygen atoms in total. The Labute approximate surface area is 152 Å². The summed E-state index contributed by atoms with van der Waals surface area (Å²) in [6, 6.07) is 8.49. The average molecular weight is 414 g/mol. The van der Waals surface area contributed by atoms with Crippen LogP contribution in [0.3, 0.4) is 0 Å². The van der Waals surface area contributed by atoms with Gasteiger partial charge in [0.2, 0.25) is 0 Å². The van der Waals surface area contributed by atoms with Gasteiger partial charge in [0.25, 0.3) is 0 Å². The SMILES string of the molecule is CN=C(NCC1CCS(=O)(=O)C1)NCC1(c2cccc(Br)c2)CC1. The maximum atomic E-state index is 11.5. The van der Waals surface area contributed by atoms with E-state index in [1.807, 2.05) is 6.07 Å². The molecule has 1 atom stereocenters. The van der Waals surface area contributed by atoms with Gasteiger partial charge in [-0.3, -0.25) is 4.99 Å². The normalized spacial score (nSPS) is 24.6. The Morgan fingerprint density at radius 3 is 2.75 bits per heavy atom. The summed E-state index contributed by atoms with van der Waals surface area (Å²) in [7, 11) is -1.07. The summed E-state index contributed by atoms with van der Waals surface area (Å²) in [6.45, 7) is 1.49. The van der Waals surface area contributed by atoms with Gasteiger partial charge in [-0.2, -0.15) is 0 Å². The molecule has 1 aliphatic heterocycles. The highest BCUT2D eigenvalue weighted by Gasteiger charge is 2.44. The summed E-state index contributed by atoms with van der Waals surface area (Å²) in [6.07, 6.45) is 3.09. The van der Waals surface area contributed by atoms with Crippen molar-refractivity contribution >= 4 is 31.7 Å². The maximum absolute atomic E-state index is 11.5. The molecule has 1 saturated carbocycles. The molecule has 7 heteroatoms. The third-order valence-electron chi connectivity index (χ3n) is 4.99. The van der Waals surface area contributed by atoms with Crippen LogP contribution in [-0.2, 0) is 15.3 Å². The number of rotatable bonds is 5. The van der Waals surface area contributed by atoms with Crippen LogP contribution in [0.2, 0.25) is 0 Å². The summed E-state index contributed by atoms with van der Waals surface area (Å²) >= 11 is 3.54. The van der Waals surface area contributed by atoms with Gasteiger partial charge in [-0.1, -0.05) is 28.1 Å². The fraction of sp³-hybridized carbons (Fsp3) is 0.588. The van der Waals surface area contributed by atoms with E-state index in [1.165, 1.54) is 18.4 Å². The van der Waals surface area contributed by atoms with Crippen molar-refractivity contribution in [1.29, 1.82) is 0 Å². The largest absolute Gasteiger partial charge is 0.356 e. The maximum Gasteiger partial charge on any atom is 0.191 e. The molecule has 0 bridgehead atoms. The standard InChI is InChI=1S/C17H24BrN3O2S/c1-19-16(20-10-13-5-8-24(22,23)11-13)21-12-17(6-7-17)14-3-2-4-15(18)9-14/h2-4,9,13H,5-8,10-12H2,1H3,(H2,19,20,21). The highest BCUT2D eigenvalue weighted by atomic mass is 79.9. The number of hydrogen-bond acceptors (Lipinski definition) is 3. The predicted molar refractivity (Wildman–Crippen MR) is 101 cm³/mol. The van der Waals surface area contributed by atoms with Gasteiger partial charge in [-0.25, -0.2) is 8.42 Å². The van der Waals surface area contributed by atoms with Crippen molar-refractivity contribution < 1.29 is 8.42 Å². The Morgan fingerprint density at radius 2 is 2.17 bits per heavy atom. The zero-order chi connectivity index (χ0) is 17.2. The van der Waals surface area contributed by atoms with E-state index >= 15 is 0 Å². The van der Waals surface area contributed by atoms with Crippen LogP contribution in [0.1, 0.15) is 24.8 Å². The third-order valence-corrected chi connectivity index (χ3v) is 7.32. The van der Waals surface area contributed by atoms with E-state index in [0.717, 1.165) is 23.4 Å². The first kappa shape index (κ1) is 17.7. The molecule has 1 unspecified atom stereocenters. The second-order valence-electron chi connectivity index (χ2n) is 6.87. The lowest BCUT2D eigenvalue weighted by molar-refractivity contribution is 0.562. The lowest BCUT2D eigenvalue weighted by atomic mass is 9.96. The molecule has 1 saturated heterocycles. The van der Waals surface area contributed by atoms with Crippen LogP contribution in [-0.4, -0.2) is 46.0 Å². The minimum Gasteiger partial charge on any atom is -0.356 e. The molecular formula is C17H24BrN3O2S. The van der Waals surface area contributed by atoms with Crippen LogP contribution in [0.4, 0.5) is 0 Å². The first-order valence-electron chi connectivity index (χ1n) is 8.33. The van der Waals surface area contributed by atoms with E-state index in [0.29, 0.717) is 18.1 Å². The monoisotopic (exact) mass is 413 g/mol. The first-order chi connectivity index (χ1) is 11.4. The second-order valence-corrected chi connectivity index (χ2v) is 10.0. The van der Waals surface area contributed by atoms with Crippen LogP contribution < -0.4 is 10.6 Å². The van der Waals surface area contributed by atoms with E-state index < -0.39 is 9.84 Å². The summed E-state index contributed by atoms with van der Waals surface area (Å²) in [4.78, 5) is 4.26. The summed E-state index contributed by atoms with van der Waals surface area (Å²) in [5.74, 6) is 1.55. The Bertz CT molecular complexity index is 729. The fourth-order valence-electron chi connectivity index (χ4n) is 3.28. The Balaban J connectivity index is 1.51. The number of nitrogens with one attached hydrogen (secondary N) is 2. The van der Waals surface area contributed by atoms with Crippen molar-refractivity contribution in [1.82, 2.24) is 10.6 Å². The highest BCUT2D eigenvalue weighted by Crippen LogP contribution is 2.48. The molecular weight excluding hydrogens is 390 g/mol. The van der Waals surface area contributed by atoms with E-state index in [4.69, 9.17) is 0 Å². The smallest absolute Gasteiger partial charge is 0.191 e. The molecule has 3 rings (SSSR count). The molecule has 0 radical (unpaired) electrons. The molecule has 0 spiro atoms. The van der Waals surface area contributed by atoms with Gasteiger partial charge in [0.1, 0.15) is 0 Å². The van der Waals surface area contributed by atoms with Crippen LogP contribution in [0, 0.1) is 5.92 Å². The molecule has 2 N–H and O–H groups in total. The molecule has 1 aliphatic carbocycles. The number of aliphatic imine (C=N–C) groups is 1. The van der Waals surface area contributed by atoms with Crippen molar-refractivity contribution in [2.45, 2.75) is 24.7 Å². The summed E-state index contributed by atoms with van der Waals surface area (Å²) in [5, 5.41) is 6.69. The zero-order valence-electron chi connectivity index (χ0n) is 13.9. The second kappa shape index (κ2) is 7.04. The molecule has 2 fully saturated rings. The lowest BCUT2D eigenvalue weighted by Gasteiger charge is -2.20. The van der Waals surface area contributed by atoms with Gasteiger partial charge < -0.3 is 10.6 Å². The van der Waals surface area contributed by atoms with Crippen LogP contribution in [0.5, 0.6) is 0 Å². The molecule has 1 heterocycles. The van der Waals surface area contributed by atoms with Crippen LogP contribution in [0.15, 0.2) is 33.7 Å². The summed E-state index contributed by atoms with van der Waals surface area (Å²) < 4.78 is 24.2. The molecule has 132 valence electrons. The van der Waals surface area contributed by atoms with Crippen molar-refractivity contribution in [3.8, 4) is 0 Å². The highest BCUT2D eigenvalue weighted by molar-refractivity contribution is 9.10. The lowest BCUT2D eigenvalue weighted by Crippen LogP contribution is -2.43. The van der Waals surface area contributed by atoms with Gasteiger partial charge in [0.15, 0.2) is 15.8 Å². The molecule has 1 aromatic carbocycles. The third kappa shape index (κ3) is 4.30. The van der Waals surface area contributed by atoms with E-state index in [1.54, 1.807) is 7.05 Å². The molecule has 1 aromatic rings. The zero-order valence-corrected chi connectivity index (χ0v) is 16.3. The number of benzene rings is 1. The minimum absolute atomic E-state index is 0.188. The van der Waals surface area contributed by atoms with Gasteiger partial charge >= 0.3 is 0 Å². The number of hydrogen-bond donors (Lipinski definition) is 2. The quantitative estimate of drug-likeness (QED) is 0.572. The van der Waals surface area contributed by atoms with Crippen molar-refractivity contribution in [3.05, 3.63) is 34.3 Å². The molecule has 0 aromatic heterocycles. The molecule has 0 amide bonds. The van der Waals surface area contributed by atoms with Gasteiger partial charge in [0.05, 0.1) is 11.5 Å². The van der Waals surface area contributed by atoms with Crippen LogP contribution >= 0.6 is 15.9 Å². The topological polar surface area (TPSA) is 70.6 Å². The predicted octanol–water partition coefficient (Wildman–Crippen LogP) is 2.08. The summed E-state index contributed by atoms with van der Waals surface area (Å²) in [5.41, 5.74) is 1.54. The molecule has 24 heavy (non-hydrogen) atoms. The van der Waals surface area contributed by atoms with Crippen molar-refractivity contribution in [3.63, 3.8) is 0 Å². The van der Waals surface area contributed by atoms with Crippen molar-refractivity contribution in [2.75, 3.05) is 31.6 Å². The van der Waals surface area contributed by atoms with E-state index in [2.05, 4.69) is 49.8 Å². The minimum atomic E-state index is -2.82. The Hall–Kier alpha value is -1.08. The Kier molecular flexibility index (Phi) is 5.20. The first-order valence-corrected chi connectivity index (χ1v) is 10.9. The van der Waals surface area contributed by atoms with Crippen molar-refractivity contribution in [2.24, 2.45) is 10.9 Å². The Morgan fingerprint density at radius 1 is 1.38 bits per heavy atom. The average Bonchev–Trinajstić information content (AvgIpc) is 3.26. The number of nitrogens with zero attached hydrogens (tertiary/aromatic N) is 1. The number of guanidine groups is 1. The number of sulfone groups is 1. The number of halogens is 1. The van der Waals surface area contributed by atoms with Gasteiger partial charge in [0, 0.05) is 30.0 Å². The van der Waals surface area contributed by atoms with Gasteiger partial charge in [-0.15, -0.1) is 0 Å². The fourth-order valence-corrected chi connectivity index (χ4v) is 5.55. The van der Waals surface area contributed by atoms with Gasteiger partial charge in [-0.05, 0) is 42.9 Å². The van der Waals surface area contributed by atoms with Crippen LogP contribution in [0.25, 0.3) is 0 Å².